The van der Waals surface area contributed by atoms with Crippen LogP contribution in [0, 0.1) is 14.6 Å². The molecule has 3 nitrogen and oxygen atoms in total. The maximum atomic E-state index is 10.7. The lowest BCUT2D eigenvalue weighted by atomic mass is 10.1. The summed E-state index contributed by atoms with van der Waals surface area (Å²) < 4.78 is 0.627. The van der Waals surface area contributed by atoms with E-state index in [0.29, 0.717) is 15.0 Å². The van der Waals surface area contributed by atoms with Gasteiger partial charge in [-0.1, -0.05) is 24.4 Å². The molecule has 0 atom stereocenters. The molecule has 0 spiro atoms. The highest BCUT2D eigenvalue weighted by atomic mass is 32.1. The average molecular weight is 223 g/mol. The van der Waals surface area contributed by atoms with Crippen molar-refractivity contribution in [2.75, 3.05) is 0 Å². The van der Waals surface area contributed by atoms with Crippen LogP contribution in [0.25, 0.3) is 11.1 Å². The van der Waals surface area contributed by atoms with Crippen molar-refractivity contribution in [2.24, 2.45) is 0 Å². The van der Waals surface area contributed by atoms with E-state index < -0.39 is 4.92 Å². The van der Waals surface area contributed by atoms with E-state index in [0.717, 1.165) is 5.56 Å². The fourth-order valence-corrected chi connectivity index (χ4v) is 1.88. The minimum atomic E-state index is -0.412. The number of hydrogen-bond donors (Lipinski definition) is 1. The Kier molecular flexibility index (Phi) is 2.13. The summed E-state index contributed by atoms with van der Waals surface area (Å²) in [4.78, 5) is 11.0. The zero-order valence-corrected chi connectivity index (χ0v) is 8.64. The van der Waals surface area contributed by atoms with Crippen LogP contribution >= 0.6 is 24.8 Å². The quantitative estimate of drug-likeness (QED) is 0.368. The maximum Gasteiger partial charge on any atom is 0.277 e. The van der Waals surface area contributed by atoms with E-state index in [2.05, 4.69) is 12.6 Å². The number of benzene rings is 1. The number of nitro groups is 1. The van der Waals surface area contributed by atoms with Gasteiger partial charge in [0.25, 0.3) is 5.69 Å². The van der Waals surface area contributed by atoms with Gasteiger partial charge in [0.15, 0.2) is 0 Å². The third kappa shape index (κ3) is 1.34. The molecule has 0 fully saturated rings. The third-order valence-electron chi connectivity index (χ3n) is 1.99. The van der Waals surface area contributed by atoms with E-state index in [1.807, 2.05) is 0 Å². The molecule has 2 aromatic carbocycles. The highest BCUT2D eigenvalue weighted by molar-refractivity contribution is 7.81. The van der Waals surface area contributed by atoms with E-state index in [9.17, 15) is 10.1 Å². The first kappa shape index (κ1) is 9.36. The molecule has 0 bridgehead atoms. The molecule has 2 aromatic rings. The minimum Gasteiger partial charge on any atom is -0.258 e. The van der Waals surface area contributed by atoms with Crippen molar-refractivity contribution in [1.29, 1.82) is 0 Å². The van der Waals surface area contributed by atoms with Crippen molar-refractivity contribution in [1.82, 2.24) is 0 Å². The highest BCUT2D eigenvalue weighted by Gasteiger charge is 2.23. The van der Waals surface area contributed by atoms with Crippen molar-refractivity contribution in [2.45, 2.75) is 4.90 Å². The standard InChI is InChI=1S/C9H5NO2S2/c11-10(12)6-4-2-1-3-5(6)7-8(13)9(7)14/h1-4,13H. The van der Waals surface area contributed by atoms with Crippen LogP contribution in [0.15, 0.2) is 29.2 Å². The van der Waals surface area contributed by atoms with Gasteiger partial charge >= 0.3 is 0 Å². The fraction of sp³-hybridized carbons (Fsp3) is 0. The second-order valence-corrected chi connectivity index (χ2v) is 3.68. The van der Waals surface area contributed by atoms with Gasteiger partial charge in [-0.2, -0.15) is 0 Å². The van der Waals surface area contributed by atoms with Gasteiger partial charge in [0.2, 0.25) is 0 Å². The number of nitrogens with zero attached hydrogens (tertiary/aromatic N) is 1. The van der Waals surface area contributed by atoms with Crippen molar-refractivity contribution < 1.29 is 4.92 Å². The van der Waals surface area contributed by atoms with Crippen LogP contribution in [-0.2, 0) is 0 Å². The highest BCUT2D eigenvalue weighted by Crippen LogP contribution is 2.42. The summed E-state index contributed by atoms with van der Waals surface area (Å²) in [6.45, 7) is 0. The molecule has 0 aliphatic carbocycles. The summed E-state index contributed by atoms with van der Waals surface area (Å²) in [6, 6.07) is 6.52. The Balaban J connectivity index is 2.59. The first-order chi connectivity index (χ1) is 6.63. The molecule has 0 saturated heterocycles. The topological polar surface area (TPSA) is 43.1 Å². The first-order valence-electron chi connectivity index (χ1n) is 3.84. The summed E-state index contributed by atoms with van der Waals surface area (Å²) in [7, 11) is 0. The smallest absolute Gasteiger partial charge is 0.258 e. The predicted octanol–water partition coefficient (Wildman–Crippen LogP) is 3.16. The van der Waals surface area contributed by atoms with Crippen molar-refractivity contribution in [3.8, 4) is 11.1 Å². The van der Waals surface area contributed by atoms with Crippen LogP contribution in [0.5, 0.6) is 0 Å². The predicted molar refractivity (Wildman–Crippen MR) is 59.0 cm³/mol. The number of nitro benzene ring substituents is 1. The number of para-hydroxylation sites is 1. The molecule has 0 aliphatic rings. The van der Waals surface area contributed by atoms with Crippen LogP contribution in [0.4, 0.5) is 5.69 Å². The van der Waals surface area contributed by atoms with Gasteiger partial charge in [0.05, 0.1) is 15.0 Å². The Bertz CT molecular complexity index is 526. The minimum absolute atomic E-state index is 0.0777. The lowest BCUT2D eigenvalue weighted by Gasteiger charge is -1.95. The summed E-state index contributed by atoms with van der Waals surface area (Å²) in [5.74, 6) is 0. The van der Waals surface area contributed by atoms with Gasteiger partial charge in [-0.3, -0.25) is 10.1 Å². The van der Waals surface area contributed by atoms with Crippen molar-refractivity contribution >= 4 is 30.5 Å². The van der Waals surface area contributed by atoms with Crippen LogP contribution in [0.3, 0.4) is 0 Å². The van der Waals surface area contributed by atoms with Gasteiger partial charge in [-0.25, -0.2) is 0 Å². The second-order valence-electron chi connectivity index (χ2n) is 2.83. The molecule has 70 valence electrons. The van der Waals surface area contributed by atoms with E-state index in [1.165, 1.54) is 6.07 Å². The molecule has 0 radical (unpaired) electrons. The summed E-state index contributed by atoms with van der Waals surface area (Å²) in [5.41, 5.74) is 1.37. The van der Waals surface area contributed by atoms with Crippen LogP contribution in [0.2, 0.25) is 0 Å². The normalized spacial score (nSPS) is 10.6. The second kappa shape index (κ2) is 3.18. The van der Waals surface area contributed by atoms with Crippen LogP contribution in [0.1, 0.15) is 0 Å². The number of rotatable bonds is 2. The Labute approximate surface area is 90.6 Å². The molecule has 0 saturated carbocycles. The van der Waals surface area contributed by atoms with Crippen LogP contribution in [-0.4, -0.2) is 4.92 Å². The maximum absolute atomic E-state index is 10.7. The molecule has 0 aromatic heterocycles. The Morgan fingerprint density at radius 3 is 2.43 bits per heavy atom. The Morgan fingerprint density at radius 2 is 1.93 bits per heavy atom. The zero-order valence-electron chi connectivity index (χ0n) is 6.93. The number of thiol groups is 1. The molecule has 2 rings (SSSR count). The molecular formula is C9H5NO2S2. The first-order valence-corrected chi connectivity index (χ1v) is 4.70. The van der Waals surface area contributed by atoms with Gasteiger partial charge in [0, 0.05) is 16.5 Å². The van der Waals surface area contributed by atoms with Gasteiger partial charge < -0.3 is 0 Å². The average Bonchev–Trinajstić information content (AvgIpc) is 2.75. The third-order valence-corrected chi connectivity index (χ3v) is 2.99. The Hall–Kier alpha value is -1.20. The van der Waals surface area contributed by atoms with E-state index in [-0.39, 0.29) is 5.69 Å². The molecule has 0 aliphatic heterocycles. The SMILES string of the molecule is O=[N+]([O-])c1ccccc1-c1c(S)c1=S. The van der Waals surface area contributed by atoms with Crippen molar-refractivity contribution in [3.05, 3.63) is 38.9 Å². The van der Waals surface area contributed by atoms with E-state index in [1.54, 1.807) is 18.2 Å². The van der Waals surface area contributed by atoms with Gasteiger partial charge in [-0.15, -0.1) is 12.6 Å². The largest absolute Gasteiger partial charge is 0.277 e. The molecule has 0 N–H and O–H groups in total. The number of hydrogen-bond acceptors (Lipinski definition) is 4. The lowest BCUT2D eigenvalue weighted by Crippen LogP contribution is -1.89. The Morgan fingerprint density at radius 1 is 1.36 bits per heavy atom. The summed E-state index contributed by atoms with van der Waals surface area (Å²) in [5, 5.41) is 10.7. The lowest BCUT2D eigenvalue weighted by molar-refractivity contribution is -0.384. The van der Waals surface area contributed by atoms with E-state index >= 15 is 0 Å². The summed E-state index contributed by atoms with van der Waals surface area (Å²) in [6.07, 6.45) is 0. The molecule has 0 unspecified atom stereocenters. The monoisotopic (exact) mass is 223 g/mol. The zero-order chi connectivity index (χ0) is 10.3. The molecule has 5 heteroatoms. The van der Waals surface area contributed by atoms with Crippen LogP contribution < -0.4 is 0 Å². The fourth-order valence-electron chi connectivity index (χ4n) is 1.26. The van der Waals surface area contributed by atoms with E-state index in [4.69, 9.17) is 12.2 Å². The van der Waals surface area contributed by atoms with Gasteiger partial charge in [-0.05, 0) is 6.07 Å². The molecule has 0 heterocycles. The summed E-state index contributed by atoms with van der Waals surface area (Å²) >= 11 is 9.06. The molecule has 0 amide bonds. The molecular weight excluding hydrogens is 218 g/mol. The van der Waals surface area contributed by atoms with Gasteiger partial charge in [0.1, 0.15) is 0 Å². The van der Waals surface area contributed by atoms with Crippen molar-refractivity contribution in [3.63, 3.8) is 0 Å². The molecule has 14 heavy (non-hydrogen) atoms.